The molecule has 0 atom stereocenters. The molecule has 7 heteroatoms. The van der Waals surface area contributed by atoms with Gasteiger partial charge in [-0.2, -0.15) is 4.99 Å². The van der Waals surface area contributed by atoms with Gasteiger partial charge in [-0.15, -0.1) is 0 Å². The predicted octanol–water partition coefficient (Wildman–Crippen LogP) is 2.75. The summed E-state index contributed by atoms with van der Waals surface area (Å²) in [5, 5.41) is 5.03. The second kappa shape index (κ2) is 7.68. The van der Waals surface area contributed by atoms with Crippen LogP contribution in [0.3, 0.4) is 0 Å². The Morgan fingerprint density at radius 1 is 1.14 bits per heavy atom. The van der Waals surface area contributed by atoms with Crippen molar-refractivity contribution in [3.05, 3.63) is 54.1 Å². The van der Waals surface area contributed by atoms with Crippen molar-refractivity contribution in [2.24, 2.45) is 4.99 Å². The maximum Gasteiger partial charge on any atom is 0.255 e. The number of hydrogen-bond donors (Lipinski definition) is 3. The molecular formula is C15H12N4O2S. The minimum Gasteiger partial charge on any atom is -0.322 e. The number of nitrogens with zero attached hydrogens (tertiary/aromatic N) is 1. The first-order valence-corrected chi connectivity index (χ1v) is 6.68. The van der Waals surface area contributed by atoms with E-state index in [9.17, 15) is 9.59 Å². The van der Waals surface area contributed by atoms with Crippen LogP contribution in [0.25, 0.3) is 0 Å². The maximum absolute atomic E-state index is 12.2. The zero-order valence-electron chi connectivity index (χ0n) is 11.4. The second-order valence-corrected chi connectivity index (χ2v) is 4.35. The molecule has 6 nitrogen and oxygen atoms in total. The lowest BCUT2D eigenvalue weighted by atomic mass is 10.2. The van der Waals surface area contributed by atoms with Crippen LogP contribution in [0.5, 0.6) is 0 Å². The molecule has 0 aliphatic rings. The van der Waals surface area contributed by atoms with Crippen LogP contribution in [0.1, 0.15) is 10.4 Å². The molecule has 0 radical (unpaired) electrons. The van der Waals surface area contributed by atoms with Crippen molar-refractivity contribution in [2.45, 2.75) is 0 Å². The van der Waals surface area contributed by atoms with Gasteiger partial charge in [-0.25, -0.2) is 0 Å². The Morgan fingerprint density at radius 2 is 1.86 bits per heavy atom. The molecule has 2 rings (SSSR count). The Hall–Kier alpha value is -3.02. The van der Waals surface area contributed by atoms with E-state index >= 15 is 0 Å². The van der Waals surface area contributed by atoms with Gasteiger partial charge in [0.1, 0.15) is 0 Å². The van der Waals surface area contributed by atoms with Crippen LogP contribution < -0.4 is 16.2 Å². The van der Waals surface area contributed by atoms with E-state index in [2.05, 4.69) is 38.5 Å². The molecule has 0 saturated carbocycles. The van der Waals surface area contributed by atoms with Gasteiger partial charge in [-0.05, 0) is 54.7 Å². The van der Waals surface area contributed by atoms with Crippen LogP contribution in [-0.4, -0.2) is 17.5 Å². The molecule has 0 bridgehead atoms. The van der Waals surface area contributed by atoms with Gasteiger partial charge in [0, 0.05) is 11.3 Å². The molecule has 0 unspecified atom stereocenters. The van der Waals surface area contributed by atoms with Crippen LogP contribution in [0.2, 0.25) is 0 Å². The molecule has 0 aliphatic heterocycles. The zero-order valence-corrected chi connectivity index (χ0v) is 12.2. The number of benzene rings is 2. The summed E-state index contributed by atoms with van der Waals surface area (Å²) in [5.41, 5.74) is 7.36. The minimum atomic E-state index is -0.256. The van der Waals surface area contributed by atoms with Crippen molar-refractivity contribution in [1.82, 2.24) is 5.43 Å². The first kappa shape index (κ1) is 15.4. The average molecular weight is 312 g/mol. The predicted molar refractivity (Wildman–Crippen MR) is 88.3 cm³/mol. The summed E-state index contributed by atoms with van der Waals surface area (Å²) in [7, 11) is 0. The van der Waals surface area contributed by atoms with Crippen molar-refractivity contribution >= 4 is 46.8 Å². The lowest BCUT2D eigenvalue weighted by molar-refractivity contribution is -0.109. The van der Waals surface area contributed by atoms with Gasteiger partial charge < -0.3 is 5.32 Å². The largest absolute Gasteiger partial charge is 0.322 e. The topological polar surface area (TPSA) is 82.6 Å². The molecular weight excluding hydrogens is 300 g/mol. The van der Waals surface area contributed by atoms with Crippen molar-refractivity contribution in [2.75, 3.05) is 10.7 Å². The fourth-order valence-corrected chi connectivity index (χ4v) is 1.83. The summed E-state index contributed by atoms with van der Waals surface area (Å²) in [6.07, 6.45) is 0.533. The summed E-state index contributed by atoms with van der Waals surface area (Å²) >= 11 is 4.54. The number of isothiocyanates is 1. The Kier molecular flexibility index (Phi) is 5.37. The highest BCUT2D eigenvalue weighted by atomic mass is 32.1. The van der Waals surface area contributed by atoms with Crippen LogP contribution in [0, 0.1) is 0 Å². The summed E-state index contributed by atoms with van der Waals surface area (Å²) < 4.78 is 0. The first-order valence-electron chi connectivity index (χ1n) is 6.27. The Labute approximate surface area is 132 Å². The number of thiocarbonyl (C=S) groups is 1. The molecule has 2 aromatic rings. The van der Waals surface area contributed by atoms with E-state index in [1.807, 2.05) is 0 Å². The smallest absolute Gasteiger partial charge is 0.255 e. The fraction of sp³-hybridized carbons (Fsp3) is 0. The quantitative estimate of drug-likeness (QED) is 0.331. The molecule has 22 heavy (non-hydrogen) atoms. The number of hydrogen-bond acceptors (Lipinski definition) is 5. The summed E-state index contributed by atoms with van der Waals surface area (Å²) in [6.45, 7) is 0. The lowest BCUT2D eigenvalue weighted by Crippen LogP contribution is -2.18. The number of amides is 2. The SMILES string of the molecule is O=CNNc1ccc(NC(=O)c2cccc(N=C=S)c2)cc1. The first-order chi connectivity index (χ1) is 10.7. The van der Waals surface area contributed by atoms with E-state index in [0.717, 1.165) is 0 Å². The summed E-state index contributed by atoms with van der Waals surface area (Å²) in [4.78, 5) is 26.2. The number of aliphatic imine (C=N–C) groups is 1. The van der Waals surface area contributed by atoms with Crippen molar-refractivity contribution in [3.63, 3.8) is 0 Å². The van der Waals surface area contributed by atoms with Gasteiger partial charge in [0.25, 0.3) is 5.91 Å². The minimum absolute atomic E-state index is 0.256. The van der Waals surface area contributed by atoms with E-state index in [0.29, 0.717) is 29.0 Å². The highest BCUT2D eigenvalue weighted by Crippen LogP contribution is 2.17. The molecule has 0 spiro atoms. The number of carbonyl (C=O) groups is 2. The number of nitrogens with one attached hydrogen (secondary N) is 3. The third-order valence-corrected chi connectivity index (χ3v) is 2.79. The van der Waals surface area contributed by atoms with Crippen molar-refractivity contribution in [1.29, 1.82) is 0 Å². The number of rotatable bonds is 6. The zero-order chi connectivity index (χ0) is 15.8. The summed E-state index contributed by atoms with van der Waals surface area (Å²) in [5.74, 6) is -0.256. The highest BCUT2D eigenvalue weighted by molar-refractivity contribution is 7.78. The van der Waals surface area contributed by atoms with E-state index in [-0.39, 0.29) is 5.91 Å². The second-order valence-electron chi connectivity index (χ2n) is 4.17. The van der Waals surface area contributed by atoms with Gasteiger partial charge in [-0.3, -0.25) is 20.4 Å². The van der Waals surface area contributed by atoms with Gasteiger partial charge >= 0.3 is 0 Å². The number of anilines is 2. The Bertz CT molecular complexity index is 725. The normalized spacial score (nSPS) is 9.27. The van der Waals surface area contributed by atoms with Crippen molar-refractivity contribution in [3.8, 4) is 0 Å². The fourth-order valence-electron chi connectivity index (χ4n) is 1.72. The monoisotopic (exact) mass is 312 g/mol. The highest BCUT2D eigenvalue weighted by Gasteiger charge is 2.06. The molecule has 2 aromatic carbocycles. The van der Waals surface area contributed by atoms with Gasteiger partial charge in [0.15, 0.2) is 0 Å². The van der Waals surface area contributed by atoms with Crippen LogP contribution in [0.4, 0.5) is 17.1 Å². The number of carbonyl (C=O) groups excluding carboxylic acids is 2. The summed E-state index contributed by atoms with van der Waals surface area (Å²) in [6, 6.07) is 13.6. The average Bonchev–Trinajstić information content (AvgIpc) is 2.55. The molecule has 3 N–H and O–H groups in total. The molecule has 0 heterocycles. The molecule has 2 amide bonds. The Balaban J connectivity index is 2.06. The van der Waals surface area contributed by atoms with Gasteiger partial charge in [-0.1, -0.05) is 6.07 Å². The van der Waals surface area contributed by atoms with E-state index in [4.69, 9.17) is 0 Å². The van der Waals surface area contributed by atoms with Crippen molar-refractivity contribution < 1.29 is 9.59 Å². The third kappa shape index (κ3) is 4.24. The van der Waals surface area contributed by atoms with E-state index in [1.54, 1.807) is 48.5 Å². The third-order valence-electron chi connectivity index (χ3n) is 2.70. The number of hydrazine groups is 1. The van der Waals surface area contributed by atoms with Crippen LogP contribution in [0.15, 0.2) is 53.5 Å². The molecule has 110 valence electrons. The molecule has 0 saturated heterocycles. The maximum atomic E-state index is 12.2. The van der Waals surface area contributed by atoms with Crippen LogP contribution >= 0.6 is 12.2 Å². The Morgan fingerprint density at radius 3 is 2.55 bits per heavy atom. The van der Waals surface area contributed by atoms with E-state index in [1.165, 1.54) is 0 Å². The molecule has 0 aromatic heterocycles. The van der Waals surface area contributed by atoms with Gasteiger partial charge in [0.2, 0.25) is 6.41 Å². The van der Waals surface area contributed by atoms with E-state index < -0.39 is 0 Å². The van der Waals surface area contributed by atoms with Gasteiger partial charge in [0.05, 0.1) is 16.5 Å². The molecule has 0 fully saturated rings. The lowest BCUT2D eigenvalue weighted by Gasteiger charge is -2.08. The standard InChI is InChI=1S/C15H12N4O2S/c20-9-17-19-13-6-4-12(5-7-13)18-15(21)11-2-1-3-14(8-11)16-10-22/h1-9,19H,(H,17,20)(H,18,21). The molecule has 0 aliphatic carbocycles. The van der Waals surface area contributed by atoms with Crippen LogP contribution in [-0.2, 0) is 4.79 Å².